The number of benzene rings is 2. The third kappa shape index (κ3) is 5.72. The van der Waals surface area contributed by atoms with Crippen LogP contribution >= 0.6 is 24.2 Å². The van der Waals surface area contributed by atoms with Crippen molar-refractivity contribution in [3.63, 3.8) is 0 Å². The van der Waals surface area contributed by atoms with Gasteiger partial charge in [-0.3, -0.25) is 0 Å². The van der Waals surface area contributed by atoms with Gasteiger partial charge in [0, 0.05) is 10.1 Å². The summed E-state index contributed by atoms with van der Waals surface area (Å²) >= 11 is 1.94. The molecule has 0 saturated carbocycles. The molecule has 2 aromatic carbocycles. The van der Waals surface area contributed by atoms with Gasteiger partial charge in [0.05, 0.1) is 0 Å². The second-order valence-electron chi connectivity index (χ2n) is 5.46. The quantitative estimate of drug-likeness (QED) is 0.844. The largest absolute Gasteiger partial charge is 0.489 e. The first kappa shape index (κ1) is 18.1. The molecule has 23 heavy (non-hydrogen) atoms. The number of rotatable bonds is 5. The van der Waals surface area contributed by atoms with E-state index in [0.717, 1.165) is 24.4 Å². The molecule has 0 amide bonds. The van der Waals surface area contributed by atoms with E-state index in [-0.39, 0.29) is 18.2 Å². The summed E-state index contributed by atoms with van der Waals surface area (Å²) in [6, 6.07) is 14.7. The van der Waals surface area contributed by atoms with E-state index in [9.17, 15) is 4.39 Å². The standard InChI is InChI=1S/C18H20FNOS.ClH/c19-15-3-1-2-14(12-15)13-21-16-4-6-17(7-5-16)22-18-8-10-20-11-9-18;/h1-7,12,18,20H,8-11,13H2;1H. The molecule has 5 heteroatoms. The topological polar surface area (TPSA) is 21.3 Å². The van der Waals surface area contributed by atoms with E-state index in [1.165, 1.54) is 29.9 Å². The number of nitrogens with one attached hydrogen (secondary N) is 1. The van der Waals surface area contributed by atoms with Gasteiger partial charge in [0.15, 0.2) is 0 Å². The van der Waals surface area contributed by atoms with Crippen LogP contribution in [0.2, 0.25) is 0 Å². The summed E-state index contributed by atoms with van der Waals surface area (Å²) in [6.07, 6.45) is 2.45. The maximum absolute atomic E-state index is 13.1. The molecule has 1 aliphatic heterocycles. The van der Waals surface area contributed by atoms with Gasteiger partial charge in [0.2, 0.25) is 0 Å². The molecule has 0 bridgehead atoms. The fourth-order valence-electron chi connectivity index (χ4n) is 2.51. The molecule has 2 nitrogen and oxygen atoms in total. The van der Waals surface area contributed by atoms with E-state index in [0.29, 0.717) is 11.9 Å². The number of hydrogen-bond donors (Lipinski definition) is 1. The Morgan fingerprint density at radius 1 is 1.09 bits per heavy atom. The molecule has 3 rings (SSSR count). The van der Waals surface area contributed by atoms with Crippen molar-refractivity contribution in [1.82, 2.24) is 5.32 Å². The first-order chi connectivity index (χ1) is 10.8. The minimum absolute atomic E-state index is 0. The molecular formula is C18H21ClFNOS. The Balaban J connectivity index is 0.00000192. The summed E-state index contributed by atoms with van der Waals surface area (Å²) in [5, 5.41) is 4.09. The van der Waals surface area contributed by atoms with Crippen LogP contribution in [-0.4, -0.2) is 18.3 Å². The van der Waals surface area contributed by atoms with Crippen LogP contribution in [0.3, 0.4) is 0 Å². The zero-order valence-electron chi connectivity index (χ0n) is 12.8. The highest BCUT2D eigenvalue weighted by molar-refractivity contribution is 8.00. The van der Waals surface area contributed by atoms with Gasteiger partial charge in [0.25, 0.3) is 0 Å². The van der Waals surface area contributed by atoms with Crippen LogP contribution in [0.4, 0.5) is 4.39 Å². The van der Waals surface area contributed by atoms with E-state index < -0.39 is 0 Å². The van der Waals surface area contributed by atoms with Gasteiger partial charge in [-0.1, -0.05) is 12.1 Å². The third-order valence-electron chi connectivity index (χ3n) is 3.71. The summed E-state index contributed by atoms with van der Waals surface area (Å²) in [5.74, 6) is 0.591. The lowest BCUT2D eigenvalue weighted by atomic mass is 10.2. The molecule has 1 fully saturated rings. The number of ether oxygens (including phenoxy) is 1. The molecule has 0 unspecified atom stereocenters. The van der Waals surface area contributed by atoms with Crippen LogP contribution < -0.4 is 10.1 Å². The molecule has 0 atom stereocenters. The maximum atomic E-state index is 13.1. The molecule has 2 aromatic rings. The average molecular weight is 354 g/mol. The Morgan fingerprint density at radius 2 is 1.83 bits per heavy atom. The number of thioether (sulfide) groups is 1. The van der Waals surface area contributed by atoms with Crippen molar-refractivity contribution in [2.24, 2.45) is 0 Å². The van der Waals surface area contributed by atoms with E-state index in [1.807, 2.05) is 30.0 Å². The van der Waals surface area contributed by atoms with Crippen molar-refractivity contribution in [1.29, 1.82) is 0 Å². The molecule has 0 spiro atoms. The van der Waals surface area contributed by atoms with Crippen LogP contribution in [0, 0.1) is 5.82 Å². The second kappa shape index (κ2) is 9.16. The first-order valence-corrected chi connectivity index (χ1v) is 8.52. The molecule has 1 heterocycles. The van der Waals surface area contributed by atoms with E-state index in [4.69, 9.17) is 4.74 Å². The predicted octanol–water partition coefficient (Wildman–Crippen LogP) is 4.67. The zero-order chi connectivity index (χ0) is 15.2. The third-order valence-corrected chi connectivity index (χ3v) is 5.06. The molecular weight excluding hydrogens is 333 g/mol. The fraction of sp³-hybridized carbons (Fsp3) is 0.333. The molecule has 1 saturated heterocycles. The smallest absolute Gasteiger partial charge is 0.123 e. The minimum Gasteiger partial charge on any atom is -0.489 e. The average Bonchev–Trinajstić information content (AvgIpc) is 2.55. The zero-order valence-corrected chi connectivity index (χ0v) is 14.5. The van der Waals surface area contributed by atoms with Gasteiger partial charge in [-0.05, 0) is 67.9 Å². The molecule has 124 valence electrons. The highest BCUT2D eigenvalue weighted by Gasteiger charge is 2.13. The summed E-state index contributed by atoms with van der Waals surface area (Å²) < 4.78 is 18.8. The van der Waals surface area contributed by atoms with Crippen LogP contribution in [0.1, 0.15) is 18.4 Å². The van der Waals surface area contributed by atoms with Crippen molar-refractivity contribution in [2.75, 3.05) is 13.1 Å². The molecule has 0 aromatic heterocycles. The van der Waals surface area contributed by atoms with Gasteiger partial charge in [-0.15, -0.1) is 24.2 Å². The summed E-state index contributed by atoms with van der Waals surface area (Å²) in [7, 11) is 0. The molecule has 0 radical (unpaired) electrons. The normalized spacial score (nSPS) is 15.0. The van der Waals surface area contributed by atoms with E-state index in [2.05, 4.69) is 17.4 Å². The van der Waals surface area contributed by atoms with E-state index >= 15 is 0 Å². The first-order valence-electron chi connectivity index (χ1n) is 7.64. The SMILES string of the molecule is Cl.Fc1cccc(COc2ccc(SC3CCNCC3)cc2)c1. The Hall–Kier alpha value is -1.23. The van der Waals surface area contributed by atoms with Crippen LogP contribution in [0.5, 0.6) is 5.75 Å². The van der Waals surface area contributed by atoms with Gasteiger partial charge < -0.3 is 10.1 Å². The van der Waals surface area contributed by atoms with Crippen molar-refractivity contribution in [3.8, 4) is 5.75 Å². The molecule has 1 aliphatic rings. The molecule has 1 N–H and O–H groups in total. The molecule has 0 aliphatic carbocycles. The van der Waals surface area contributed by atoms with Crippen molar-refractivity contribution >= 4 is 24.2 Å². The Labute approximate surface area is 147 Å². The van der Waals surface area contributed by atoms with Crippen LogP contribution in [0.25, 0.3) is 0 Å². The number of piperidine rings is 1. The second-order valence-corrected chi connectivity index (χ2v) is 6.83. The van der Waals surface area contributed by atoms with Gasteiger partial charge in [-0.2, -0.15) is 0 Å². The Morgan fingerprint density at radius 3 is 2.52 bits per heavy atom. The summed E-state index contributed by atoms with van der Waals surface area (Å²) in [5.41, 5.74) is 0.841. The van der Waals surface area contributed by atoms with Gasteiger partial charge in [0.1, 0.15) is 18.2 Å². The maximum Gasteiger partial charge on any atom is 0.123 e. The lowest BCUT2D eigenvalue weighted by molar-refractivity contribution is 0.305. The fourth-order valence-corrected chi connectivity index (χ4v) is 3.66. The Bertz CT molecular complexity index is 602. The van der Waals surface area contributed by atoms with Crippen LogP contribution in [-0.2, 0) is 6.61 Å². The van der Waals surface area contributed by atoms with Crippen LogP contribution in [0.15, 0.2) is 53.4 Å². The summed E-state index contributed by atoms with van der Waals surface area (Å²) in [6.45, 7) is 2.62. The number of halogens is 2. The summed E-state index contributed by atoms with van der Waals surface area (Å²) in [4.78, 5) is 1.28. The lowest BCUT2D eigenvalue weighted by Gasteiger charge is -2.22. The minimum atomic E-state index is -0.227. The van der Waals surface area contributed by atoms with Gasteiger partial charge >= 0.3 is 0 Å². The highest BCUT2D eigenvalue weighted by atomic mass is 35.5. The van der Waals surface area contributed by atoms with Crippen molar-refractivity contribution < 1.29 is 9.13 Å². The monoisotopic (exact) mass is 353 g/mol. The Kier molecular flexibility index (Phi) is 7.21. The predicted molar refractivity (Wildman–Crippen MR) is 96.2 cm³/mol. The highest BCUT2D eigenvalue weighted by Crippen LogP contribution is 2.30. The van der Waals surface area contributed by atoms with Crippen molar-refractivity contribution in [2.45, 2.75) is 29.6 Å². The lowest BCUT2D eigenvalue weighted by Crippen LogP contribution is -2.29. The van der Waals surface area contributed by atoms with E-state index in [1.54, 1.807) is 6.07 Å². The van der Waals surface area contributed by atoms with Gasteiger partial charge in [-0.25, -0.2) is 4.39 Å². The van der Waals surface area contributed by atoms with Crippen molar-refractivity contribution in [3.05, 3.63) is 59.9 Å². The number of hydrogen-bond acceptors (Lipinski definition) is 3.